The zero-order valence-corrected chi connectivity index (χ0v) is 37.4. The first-order valence-electron chi connectivity index (χ1n) is 22.1. The molecule has 0 spiro atoms. The smallest absolute Gasteiger partial charge is 0.319 e. The van der Waals surface area contributed by atoms with E-state index >= 15 is 8.78 Å². The van der Waals surface area contributed by atoms with Crippen LogP contribution >= 0.6 is 0 Å². The molecule has 8 rings (SSSR count). The number of anilines is 1. The number of hydrogen-bond acceptors (Lipinski definition) is 9. The minimum atomic E-state index is -2.29. The van der Waals surface area contributed by atoms with Gasteiger partial charge in [0.05, 0.1) is 16.5 Å². The van der Waals surface area contributed by atoms with Crippen LogP contribution in [0.1, 0.15) is 92.1 Å². The van der Waals surface area contributed by atoms with Gasteiger partial charge in [-0.05, 0) is 98.4 Å². The lowest BCUT2D eigenvalue weighted by atomic mass is 9.95. The number of hydrogen-bond donors (Lipinski definition) is 0. The summed E-state index contributed by atoms with van der Waals surface area (Å²) in [6.45, 7) is 18.5. The molecule has 4 aliphatic heterocycles. The fraction of sp³-hybridized carbons (Fsp3) is 0.596. The van der Waals surface area contributed by atoms with Gasteiger partial charge < -0.3 is 24.0 Å². The van der Waals surface area contributed by atoms with E-state index in [4.69, 9.17) is 29.2 Å². The first-order valence-corrected chi connectivity index (χ1v) is 24.4. The topological polar surface area (TPSA) is 76.1 Å². The van der Waals surface area contributed by atoms with E-state index in [1.54, 1.807) is 24.4 Å². The number of rotatable bonds is 12. The molecule has 0 radical (unpaired) electrons. The number of ether oxygens (including phenoxy) is 3. The molecule has 4 fully saturated rings. The third-order valence-electron chi connectivity index (χ3n) is 14.2. The zero-order chi connectivity index (χ0) is 42.3. The number of halogens is 3. The largest absolute Gasteiger partial charge is 0.468 e. The van der Waals surface area contributed by atoms with Crippen molar-refractivity contribution in [3.63, 3.8) is 0 Å². The SMILES string of the molecule is COCOc1cc(-c2ncc3c(N4CCC(N5CCCC5)CC4)nc(OC[C@@]45CCCN4C[C@H](F)C5)nc3c2F)c2c(C#C[Si](C(C)C)(C(C)C)C(C)C)c(F)ccc2c1. The lowest BCUT2D eigenvalue weighted by Gasteiger charge is -2.38. The Kier molecular flexibility index (Phi) is 12.4. The van der Waals surface area contributed by atoms with Crippen LogP contribution in [0.15, 0.2) is 30.5 Å². The molecule has 4 aliphatic rings. The number of nitrogens with zero attached hydrogens (tertiary/aromatic N) is 6. The van der Waals surface area contributed by atoms with E-state index in [-0.39, 0.29) is 36.2 Å². The second-order valence-electron chi connectivity index (χ2n) is 18.5. The molecule has 2 aromatic heterocycles. The minimum Gasteiger partial charge on any atom is -0.468 e. The van der Waals surface area contributed by atoms with Crippen molar-refractivity contribution in [2.24, 2.45) is 0 Å². The summed E-state index contributed by atoms with van der Waals surface area (Å²) in [5, 5.41) is 1.56. The molecule has 6 heterocycles. The molecule has 0 saturated carbocycles. The average Bonchev–Trinajstić information content (AvgIpc) is 3.97. The van der Waals surface area contributed by atoms with Crippen molar-refractivity contribution in [1.82, 2.24) is 24.8 Å². The molecule has 9 nitrogen and oxygen atoms in total. The van der Waals surface area contributed by atoms with Crippen LogP contribution in [0.25, 0.3) is 32.9 Å². The predicted molar refractivity (Wildman–Crippen MR) is 235 cm³/mol. The highest BCUT2D eigenvalue weighted by Crippen LogP contribution is 2.44. The molecule has 2 atom stereocenters. The predicted octanol–water partition coefficient (Wildman–Crippen LogP) is 9.70. The molecule has 0 amide bonds. The highest BCUT2D eigenvalue weighted by molar-refractivity contribution is 6.90. The van der Waals surface area contributed by atoms with E-state index in [0.29, 0.717) is 68.9 Å². The van der Waals surface area contributed by atoms with Gasteiger partial charge in [-0.15, -0.1) is 5.54 Å². The molecule has 322 valence electrons. The summed E-state index contributed by atoms with van der Waals surface area (Å²) in [5.41, 5.74) is 4.84. The first-order chi connectivity index (χ1) is 28.8. The van der Waals surface area contributed by atoms with Crippen molar-refractivity contribution in [3.05, 3.63) is 47.7 Å². The van der Waals surface area contributed by atoms with Gasteiger partial charge in [0.15, 0.2) is 12.6 Å². The van der Waals surface area contributed by atoms with Crippen molar-refractivity contribution in [1.29, 1.82) is 0 Å². The molecule has 4 saturated heterocycles. The Morgan fingerprint density at radius 3 is 2.35 bits per heavy atom. The van der Waals surface area contributed by atoms with Crippen LogP contribution in [-0.2, 0) is 4.74 Å². The average molecular weight is 843 g/mol. The lowest BCUT2D eigenvalue weighted by Crippen LogP contribution is -2.44. The van der Waals surface area contributed by atoms with Crippen LogP contribution in [0.4, 0.5) is 19.0 Å². The Balaban J connectivity index is 1.28. The summed E-state index contributed by atoms with van der Waals surface area (Å²) in [7, 11) is -0.756. The molecule has 0 bridgehead atoms. The second-order valence-corrected chi connectivity index (χ2v) is 24.1. The highest BCUT2D eigenvalue weighted by atomic mass is 28.3. The maximum atomic E-state index is 17.7. The van der Waals surface area contributed by atoms with Crippen molar-refractivity contribution < 1.29 is 27.4 Å². The van der Waals surface area contributed by atoms with E-state index in [9.17, 15) is 4.39 Å². The van der Waals surface area contributed by atoms with Crippen molar-refractivity contribution in [2.75, 3.05) is 64.7 Å². The van der Waals surface area contributed by atoms with Crippen LogP contribution in [0.2, 0.25) is 16.6 Å². The fourth-order valence-corrected chi connectivity index (χ4v) is 16.5. The molecule has 13 heteroatoms. The highest BCUT2D eigenvalue weighted by Gasteiger charge is 2.49. The third-order valence-corrected chi connectivity index (χ3v) is 20.5. The standard InChI is InChI=1S/C47H61F3N6O3Si/c1-30(2)60(31(3)4,32(5)6)22-15-37-40(49)12-11-33-23-36(59-29-57-7)24-38(41(33)37)43-42(50)44-39(26-51-43)45(55-20-13-35(14-21-55)54-17-8-9-18-54)53-46(52-44)58-28-47-16-10-19-56(47)27-34(48)25-47/h11-12,23-24,26,30-32,34-35H,8-10,13-14,16-21,25,27-29H2,1-7H3/t34-,47+/m1/s1. The Bertz CT molecular complexity index is 2250. The molecule has 0 unspecified atom stereocenters. The number of methoxy groups -OCH3 is 1. The summed E-state index contributed by atoms with van der Waals surface area (Å²) in [4.78, 5) is 21.5. The Morgan fingerprint density at radius 2 is 1.65 bits per heavy atom. The van der Waals surface area contributed by atoms with Gasteiger partial charge in [-0.3, -0.25) is 9.88 Å². The van der Waals surface area contributed by atoms with Crippen LogP contribution in [0.3, 0.4) is 0 Å². The maximum Gasteiger partial charge on any atom is 0.319 e. The van der Waals surface area contributed by atoms with E-state index in [0.717, 1.165) is 58.4 Å². The summed E-state index contributed by atoms with van der Waals surface area (Å²) in [6, 6.07) is 7.13. The summed E-state index contributed by atoms with van der Waals surface area (Å²) >= 11 is 0. The summed E-state index contributed by atoms with van der Waals surface area (Å²) in [6.07, 6.45) is 7.32. The second kappa shape index (κ2) is 17.4. The van der Waals surface area contributed by atoms with Crippen LogP contribution < -0.4 is 14.4 Å². The molecule has 60 heavy (non-hydrogen) atoms. The Hall–Kier alpha value is -3.96. The van der Waals surface area contributed by atoms with E-state index in [1.807, 2.05) is 0 Å². The number of likely N-dealkylation sites (tertiary alicyclic amines) is 1. The fourth-order valence-electron chi connectivity index (χ4n) is 11.2. The van der Waals surface area contributed by atoms with Gasteiger partial charge in [-0.25, -0.2) is 13.2 Å². The van der Waals surface area contributed by atoms with E-state index < -0.39 is 31.4 Å². The van der Waals surface area contributed by atoms with Gasteiger partial charge in [0.1, 0.15) is 49.4 Å². The Labute approximate surface area is 354 Å². The van der Waals surface area contributed by atoms with Crippen molar-refractivity contribution >= 4 is 35.6 Å². The van der Waals surface area contributed by atoms with Crippen LogP contribution in [0, 0.1) is 23.1 Å². The number of piperidine rings is 1. The molecular weight excluding hydrogens is 782 g/mol. The number of pyridine rings is 1. The van der Waals surface area contributed by atoms with E-state index in [1.165, 1.54) is 26.0 Å². The third kappa shape index (κ3) is 7.86. The Morgan fingerprint density at radius 1 is 0.917 bits per heavy atom. The van der Waals surface area contributed by atoms with Gasteiger partial charge >= 0.3 is 6.01 Å². The summed E-state index contributed by atoms with van der Waals surface area (Å²) in [5.74, 6) is 3.18. The van der Waals surface area contributed by atoms with Gasteiger partial charge in [0.25, 0.3) is 0 Å². The normalized spacial score (nSPS) is 21.8. The lowest BCUT2D eigenvalue weighted by molar-refractivity contribution is 0.0512. The molecule has 4 aromatic rings. The first kappa shape index (κ1) is 42.7. The van der Waals surface area contributed by atoms with E-state index in [2.05, 4.69) is 67.7 Å². The van der Waals surface area contributed by atoms with Crippen LogP contribution in [-0.4, -0.2) is 110 Å². The van der Waals surface area contributed by atoms with Crippen molar-refractivity contribution in [2.45, 2.75) is 121 Å². The van der Waals surface area contributed by atoms with Gasteiger partial charge in [-0.1, -0.05) is 53.5 Å². The quantitative estimate of drug-likeness (QED) is 0.0788. The van der Waals surface area contributed by atoms with Crippen LogP contribution in [0.5, 0.6) is 11.8 Å². The zero-order valence-electron chi connectivity index (χ0n) is 36.4. The minimum absolute atomic E-state index is 0.0101. The van der Waals surface area contributed by atoms with Gasteiger partial charge in [0.2, 0.25) is 0 Å². The number of fused-ring (bicyclic) bond motifs is 3. The number of alkyl halides is 1. The molecule has 2 aromatic carbocycles. The maximum absolute atomic E-state index is 17.7. The molecule has 0 aliphatic carbocycles. The van der Waals surface area contributed by atoms with Crippen molar-refractivity contribution in [3.8, 4) is 34.5 Å². The number of benzene rings is 2. The monoisotopic (exact) mass is 842 g/mol. The molecule has 0 N–H and O–H groups in total. The van der Waals surface area contributed by atoms with Gasteiger partial charge in [-0.2, -0.15) is 9.97 Å². The number of aromatic nitrogens is 3. The summed E-state index contributed by atoms with van der Waals surface area (Å²) < 4.78 is 66.4. The molecular formula is C47H61F3N6O3Si. The van der Waals surface area contributed by atoms with Gasteiger partial charge in [0, 0.05) is 56.4 Å².